The van der Waals surface area contributed by atoms with Crippen molar-refractivity contribution >= 4 is 11.6 Å². The Morgan fingerprint density at radius 1 is 1.33 bits per heavy atom. The summed E-state index contributed by atoms with van der Waals surface area (Å²) in [6.45, 7) is 3.38. The predicted molar refractivity (Wildman–Crippen MR) is 41.3 cm³/mol. The third-order valence-electron chi connectivity index (χ3n) is 0.535. The molecule has 0 heterocycles. The van der Waals surface area contributed by atoms with Gasteiger partial charge in [0.25, 0.3) is 5.29 Å². The van der Waals surface area contributed by atoms with Gasteiger partial charge < -0.3 is 0 Å². The summed E-state index contributed by atoms with van der Waals surface area (Å²) in [5.41, 5.74) is 0. The summed E-state index contributed by atoms with van der Waals surface area (Å²) in [6.07, 6.45) is 1.69. The summed E-state index contributed by atoms with van der Waals surface area (Å²) in [5, 5.41) is -1.94. The summed E-state index contributed by atoms with van der Waals surface area (Å²) in [4.78, 5) is 0. The van der Waals surface area contributed by atoms with Crippen molar-refractivity contribution in [3.63, 3.8) is 0 Å². The lowest BCUT2D eigenvalue weighted by atomic mass is 10.4. The second-order valence-corrected chi connectivity index (χ2v) is 1.74. The molecule has 0 spiro atoms. The third kappa shape index (κ3) is 16.1. The maximum Gasteiger partial charge on any atom is 0.317 e. The van der Waals surface area contributed by atoms with Gasteiger partial charge in [0, 0.05) is 0 Å². The predicted octanol–water partition coefficient (Wildman–Crippen LogP) is 4.31. The van der Waals surface area contributed by atoms with Gasteiger partial charge in [0.05, 0.1) is 6.33 Å². The molecule has 0 aromatic carbocycles. The van der Waals surface area contributed by atoms with Crippen molar-refractivity contribution in [3.8, 4) is 0 Å². The Morgan fingerprint density at radius 2 is 1.75 bits per heavy atom. The maximum absolute atomic E-state index is 11.0. The van der Waals surface area contributed by atoms with Gasteiger partial charge in [0.15, 0.2) is 0 Å². The second kappa shape index (κ2) is 10.2. The Bertz CT molecular complexity index is 156. The largest absolute Gasteiger partial charge is 0.317 e. The SMILES string of the molecule is C=CCC=CF.FC(F)=C(F)Cl. The maximum atomic E-state index is 11.0. The van der Waals surface area contributed by atoms with E-state index in [2.05, 4.69) is 18.2 Å². The van der Waals surface area contributed by atoms with Crippen LogP contribution in [-0.2, 0) is 0 Å². The van der Waals surface area contributed by atoms with E-state index in [-0.39, 0.29) is 0 Å². The first kappa shape index (κ1) is 13.8. The molecule has 0 amide bonds. The fourth-order valence-electron chi connectivity index (χ4n) is 0.148. The topological polar surface area (TPSA) is 0 Å². The van der Waals surface area contributed by atoms with Crippen molar-refractivity contribution in [2.45, 2.75) is 6.42 Å². The fraction of sp³-hybridized carbons (Fsp3) is 0.143. The summed E-state index contributed by atoms with van der Waals surface area (Å²) < 4.78 is 42.7. The van der Waals surface area contributed by atoms with Crippen LogP contribution in [0.5, 0.6) is 0 Å². The Balaban J connectivity index is 0. The van der Waals surface area contributed by atoms with E-state index < -0.39 is 11.4 Å². The van der Waals surface area contributed by atoms with E-state index in [0.29, 0.717) is 12.8 Å². The lowest BCUT2D eigenvalue weighted by Gasteiger charge is -1.70. The van der Waals surface area contributed by atoms with Crippen LogP contribution < -0.4 is 0 Å². The highest BCUT2D eigenvalue weighted by atomic mass is 35.5. The van der Waals surface area contributed by atoms with Crippen molar-refractivity contribution in [2.75, 3.05) is 0 Å². The van der Waals surface area contributed by atoms with Crippen LogP contribution in [0.15, 0.2) is 36.4 Å². The first-order chi connectivity index (χ1) is 5.56. The molecule has 0 aliphatic rings. The van der Waals surface area contributed by atoms with Crippen molar-refractivity contribution in [1.29, 1.82) is 0 Å². The molecule has 0 aromatic rings. The average Bonchev–Trinajstić information content (AvgIpc) is 2.02. The highest BCUT2D eigenvalue weighted by Crippen LogP contribution is 2.11. The van der Waals surface area contributed by atoms with Gasteiger partial charge in [0.1, 0.15) is 0 Å². The van der Waals surface area contributed by atoms with E-state index in [1.807, 2.05) is 0 Å². The van der Waals surface area contributed by atoms with Crippen LogP contribution in [0.2, 0.25) is 0 Å². The van der Waals surface area contributed by atoms with Crippen molar-refractivity contribution in [3.05, 3.63) is 36.4 Å². The molecule has 0 nitrogen and oxygen atoms in total. The third-order valence-corrected chi connectivity index (χ3v) is 0.678. The fourth-order valence-corrected chi connectivity index (χ4v) is 0.148. The molecule has 0 N–H and O–H groups in total. The molecule has 0 atom stereocenters. The smallest absolute Gasteiger partial charge is 0.216 e. The van der Waals surface area contributed by atoms with E-state index in [4.69, 9.17) is 0 Å². The molecule has 70 valence electrons. The van der Waals surface area contributed by atoms with Crippen molar-refractivity contribution in [1.82, 2.24) is 0 Å². The zero-order valence-electron chi connectivity index (χ0n) is 6.04. The molecule has 0 saturated heterocycles. The molecule has 0 bridgehead atoms. The molecule has 0 unspecified atom stereocenters. The molecule has 0 aromatic heterocycles. The lowest BCUT2D eigenvalue weighted by molar-refractivity contribution is 0.393. The van der Waals surface area contributed by atoms with Crippen LogP contribution in [0.3, 0.4) is 0 Å². The standard InChI is InChI=1S/C5H7F.C2ClF3/c1-2-3-4-5-6;3-1(4)2(5)6/h2,4-5H,1,3H2;. The van der Waals surface area contributed by atoms with Gasteiger partial charge in [-0.3, -0.25) is 0 Å². The van der Waals surface area contributed by atoms with Crippen LogP contribution in [-0.4, -0.2) is 0 Å². The zero-order valence-corrected chi connectivity index (χ0v) is 6.79. The van der Waals surface area contributed by atoms with E-state index in [0.717, 1.165) is 0 Å². The van der Waals surface area contributed by atoms with Crippen LogP contribution >= 0.6 is 11.6 Å². The first-order valence-corrected chi connectivity index (χ1v) is 3.16. The summed E-state index contributed by atoms with van der Waals surface area (Å²) in [5.74, 6) is 0. The van der Waals surface area contributed by atoms with Crippen LogP contribution in [0.4, 0.5) is 17.6 Å². The monoisotopic (exact) mass is 202 g/mol. The van der Waals surface area contributed by atoms with Crippen molar-refractivity contribution < 1.29 is 17.6 Å². The van der Waals surface area contributed by atoms with Gasteiger partial charge in [-0.1, -0.05) is 12.2 Å². The van der Waals surface area contributed by atoms with E-state index >= 15 is 0 Å². The molecule has 5 heteroatoms. The van der Waals surface area contributed by atoms with Crippen LogP contribution in [0.1, 0.15) is 6.42 Å². The van der Waals surface area contributed by atoms with Gasteiger partial charge in [0.2, 0.25) is 0 Å². The minimum atomic E-state index is -2.48. The van der Waals surface area contributed by atoms with Crippen LogP contribution in [0.25, 0.3) is 0 Å². The minimum Gasteiger partial charge on any atom is -0.216 e. The first-order valence-electron chi connectivity index (χ1n) is 2.78. The summed E-state index contributed by atoms with van der Waals surface area (Å²) in [6, 6.07) is 0. The molecule has 0 aliphatic carbocycles. The van der Waals surface area contributed by atoms with E-state index in [1.54, 1.807) is 6.08 Å². The lowest BCUT2D eigenvalue weighted by Crippen LogP contribution is -1.54. The van der Waals surface area contributed by atoms with Gasteiger partial charge in [-0.15, -0.1) is 6.58 Å². The highest BCUT2D eigenvalue weighted by molar-refractivity contribution is 6.28. The molecule has 0 saturated carbocycles. The van der Waals surface area contributed by atoms with Gasteiger partial charge in [-0.2, -0.15) is 13.2 Å². The van der Waals surface area contributed by atoms with E-state index in [9.17, 15) is 17.6 Å². The van der Waals surface area contributed by atoms with Gasteiger partial charge >= 0.3 is 6.08 Å². The Morgan fingerprint density at radius 3 is 1.83 bits per heavy atom. The highest BCUT2D eigenvalue weighted by Gasteiger charge is 1.95. The number of hydrogen-bond acceptors (Lipinski definition) is 0. The molecule has 0 radical (unpaired) electrons. The quantitative estimate of drug-likeness (QED) is 0.463. The van der Waals surface area contributed by atoms with Gasteiger partial charge in [-0.05, 0) is 18.0 Å². The molecule has 12 heavy (non-hydrogen) atoms. The Hall–Kier alpha value is -0.770. The van der Waals surface area contributed by atoms with E-state index in [1.165, 1.54) is 6.08 Å². The molecule has 0 aliphatic heterocycles. The molecule has 0 rings (SSSR count). The average molecular weight is 203 g/mol. The number of halogens is 5. The summed E-state index contributed by atoms with van der Waals surface area (Å²) in [7, 11) is 0. The Kier molecular flexibility index (Phi) is 11.8. The number of rotatable bonds is 2. The summed E-state index contributed by atoms with van der Waals surface area (Å²) >= 11 is 4.08. The number of allylic oxidation sites excluding steroid dienone is 2. The van der Waals surface area contributed by atoms with Gasteiger partial charge in [-0.25, -0.2) is 4.39 Å². The van der Waals surface area contributed by atoms with Crippen molar-refractivity contribution in [2.24, 2.45) is 0 Å². The molecular formula is C7H7ClF4. The molecular weight excluding hydrogens is 196 g/mol. The second-order valence-electron chi connectivity index (χ2n) is 1.41. The minimum absolute atomic E-state index is 0.516. The molecule has 0 fully saturated rings. The normalized spacial score (nSPS) is 8.75. The number of hydrogen-bond donors (Lipinski definition) is 0. The zero-order chi connectivity index (χ0) is 9.98. The van der Waals surface area contributed by atoms with Crippen LogP contribution in [0, 0.1) is 0 Å². The Labute approximate surface area is 72.8 Å².